The van der Waals surface area contributed by atoms with E-state index in [9.17, 15) is 4.79 Å². The lowest BCUT2D eigenvalue weighted by Crippen LogP contribution is -2.49. The Morgan fingerprint density at radius 1 is 1.27 bits per heavy atom. The van der Waals surface area contributed by atoms with Crippen molar-refractivity contribution in [1.29, 1.82) is 0 Å². The van der Waals surface area contributed by atoms with E-state index >= 15 is 0 Å². The topological polar surface area (TPSA) is 64.2 Å². The molecule has 1 amide bonds. The van der Waals surface area contributed by atoms with Gasteiger partial charge in [-0.05, 0) is 44.7 Å². The summed E-state index contributed by atoms with van der Waals surface area (Å²) in [6, 6.07) is 10.2. The molecule has 0 aliphatic carbocycles. The van der Waals surface area contributed by atoms with Crippen LogP contribution in [-0.4, -0.2) is 39.7 Å². The molecule has 0 saturated carbocycles. The molecule has 3 rings (SSSR count). The lowest BCUT2D eigenvalue weighted by atomic mass is 9.92. The summed E-state index contributed by atoms with van der Waals surface area (Å²) in [5, 5.41) is 4.65. The Kier molecular flexibility index (Phi) is 6.84. The zero-order valence-corrected chi connectivity index (χ0v) is 16.6. The highest BCUT2D eigenvalue weighted by molar-refractivity contribution is 5.85. The number of likely N-dealkylation sites (tertiary alicyclic amines) is 1. The van der Waals surface area contributed by atoms with E-state index in [1.54, 1.807) is 0 Å². The first-order valence-corrected chi connectivity index (χ1v) is 9.11. The van der Waals surface area contributed by atoms with Crippen molar-refractivity contribution >= 4 is 18.3 Å². The Morgan fingerprint density at radius 3 is 2.62 bits per heavy atom. The number of benzene rings is 1. The number of halogens is 1. The van der Waals surface area contributed by atoms with Crippen molar-refractivity contribution in [3.8, 4) is 5.69 Å². The van der Waals surface area contributed by atoms with E-state index in [-0.39, 0.29) is 24.4 Å². The van der Waals surface area contributed by atoms with Crippen LogP contribution in [-0.2, 0) is 11.2 Å². The number of aromatic nitrogens is 2. The number of aryl methyl sites for hydroxylation is 1. The molecule has 1 saturated heterocycles. The van der Waals surface area contributed by atoms with Crippen LogP contribution in [0.1, 0.15) is 36.7 Å². The van der Waals surface area contributed by atoms with Crippen LogP contribution in [0, 0.1) is 19.8 Å². The Hall–Kier alpha value is -1.85. The average molecular weight is 377 g/mol. The quantitative estimate of drug-likeness (QED) is 0.891. The summed E-state index contributed by atoms with van der Waals surface area (Å²) in [6.07, 6.45) is 2.46. The number of nitrogens with two attached hydrogens (primary N) is 1. The molecule has 5 nitrogen and oxygen atoms in total. The summed E-state index contributed by atoms with van der Waals surface area (Å²) < 4.78 is 1.93. The van der Waals surface area contributed by atoms with Gasteiger partial charge in [0.05, 0.1) is 17.8 Å². The van der Waals surface area contributed by atoms with Gasteiger partial charge in [-0.1, -0.05) is 25.1 Å². The highest BCUT2D eigenvalue weighted by atomic mass is 35.5. The number of carbonyl (C=O) groups is 1. The van der Waals surface area contributed by atoms with E-state index in [1.807, 2.05) is 53.8 Å². The Balaban J connectivity index is 0.00000243. The van der Waals surface area contributed by atoms with Crippen LogP contribution in [0.5, 0.6) is 0 Å². The number of rotatable bonds is 4. The third kappa shape index (κ3) is 4.10. The third-order valence-corrected chi connectivity index (χ3v) is 5.34. The number of carbonyl (C=O) groups excluding carboxylic acids is 1. The fraction of sp³-hybridized carbons (Fsp3) is 0.500. The standard InChI is InChI=1S/C20H28N4O.ClH/c1-14-9-10-23(18(11-14)13-21)20(25)12-19-15(2)22-24(16(19)3)17-7-5-4-6-8-17;/h4-8,14,18H,9-13,21H2,1-3H3;1H. The minimum atomic E-state index is 0. The highest BCUT2D eigenvalue weighted by Gasteiger charge is 2.29. The molecule has 2 heterocycles. The van der Waals surface area contributed by atoms with Gasteiger partial charge in [0.2, 0.25) is 5.91 Å². The van der Waals surface area contributed by atoms with E-state index in [0.29, 0.717) is 18.9 Å². The van der Waals surface area contributed by atoms with E-state index in [1.165, 1.54) is 0 Å². The number of hydrogen-bond donors (Lipinski definition) is 1. The van der Waals surface area contributed by atoms with E-state index in [2.05, 4.69) is 12.0 Å². The van der Waals surface area contributed by atoms with Gasteiger partial charge in [0.15, 0.2) is 0 Å². The molecule has 6 heteroatoms. The van der Waals surface area contributed by atoms with Crippen molar-refractivity contribution < 1.29 is 4.79 Å². The molecule has 2 atom stereocenters. The molecule has 1 fully saturated rings. The normalized spacial score (nSPS) is 19.9. The maximum atomic E-state index is 12.9. The predicted octanol–water partition coefficient (Wildman–Crippen LogP) is 3.04. The molecule has 142 valence electrons. The van der Waals surface area contributed by atoms with Crippen LogP contribution in [0.3, 0.4) is 0 Å². The SMILES string of the molecule is Cc1nn(-c2ccccc2)c(C)c1CC(=O)N1CCC(C)CC1CN.Cl. The first-order valence-electron chi connectivity index (χ1n) is 9.11. The molecular weight excluding hydrogens is 348 g/mol. The lowest BCUT2D eigenvalue weighted by Gasteiger charge is -2.38. The molecule has 1 aromatic carbocycles. The second-order valence-corrected chi connectivity index (χ2v) is 7.18. The number of hydrogen-bond acceptors (Lipinski definition) is 3. The van der Waals surface area contributed by atoms with Crippen molar-refractivity contribution in [2.24, 2.45) is 11.7 Å². The fourth-order valence-electron chi connectivity index (χ4n) is 3.81. The van der Waals surface area contributed by atoms with Gasteiger partial charge in [0, 0.05) is 30.4 Å². The summed E-state index contributed by atoms with van der Waals surface area (Å²) in [5.74, 6) is 0.808. The first-order chi connectivity index (χ1) is 12.0. The van der Waals surface area contributed by atoms with Crippen molar-refractivity contribution in [1.82, 2.24) is 14.7 Å². The average Bonchev–Trinajstić information content (AvgIpc) is 2.90. The predicted molar refractivity (Wildman–Crippen MR) is 107 cm³/mol. The van der Waals surface area contributed by atoms with Crippen LogP contribution >= 0.6 is 12.4 Å². The van der Waals surface area contributed by atoms with Gasteiger partial charge in [-0.3, -0.25) is 4.79 Å². The van der Waals surface area contributed by atoms with Crippen molar-refractivity contribution in [2.75, 3.05) is 13.1 Å². The second-order valence-electron chi connectivity index (χ2n) is 7.18. The van der Waals surface area contributed by atoms with Gasteiger partial charge < -0.3 is 10.6 Å². The molecule has 26 heavy (non-hydrogen) atoms. The molecule has 2 aromatic rings. The number of nitrogens with zero attached hydrogens (tertiary/aromatic N) is 3. The van der Waals surface area contributed by atoms with Gasteiger partial charge in [-0.2, -0.15) is 5.10 Å². The van der Waals surface area contributed by atoms with Crippen LogP contribution in [0.25, 0.3) is 5.69 Å². The summed E-state index contributed by atoms with van der Waals surface area (Å²) in [6.45, 7) is 7.61. The summed E-state index contributed by atoms with van der Waals surface area (Å²) in [5.41, 5.74) is 9.92. The molecule has 1 aromatic heterocycles. The molecule has 2 N–H and O–H groups in total. The Bertz CT molecular complexity index is 744. The number of piperidine rings is 1. The second kappa shape index (κ2) is 8.69. The largest absolute Gasteiger partial charge is 0.338 e. The molecular formula is C20H29ClN4O. The molecule has 0 radical (unpaired) electrons. The Labute approximate surface area is 162 Å². The van der Waals surface area contributed by atoms with Crippen LogP contribution in [0.4, 0.5) is 0 Å². The highest BCUT2D eigenvalue weighted by Crippen LogP contribution is 2.24. The third-order valence-electron chi connectivity index (χ3n) is 5.34. The lowest BCUT2D eigenvalue weighted by molar-refractivity contribution is -0.134. The van der Waals surface area contributed by atoms with Gasteiger partial charge in [0.25, 0.3) is 0 Å². The number of para-hydroxylation sites is 1. The maximum Gasteiger partial charge on any atom is 0.227 e. The number of amides is 1. The molecule has 0 bridgehead atoms. The Morgan fingerprint density at radius 2 is 1.96 bits per heavy atom. The fourth-order valence-corrected chi connectivity index (χ4v) is 3.81. The van der Waals surface area contributed by atoms with Gasteiger partial charge >= 0.3 is 0 Å². The van der Waals surface area contributed by atoms with E-state index in [4.69, 9.17) is 5.73 Å². The van der Waals surface area contributed by atoms with Crippen molar-refractivity contribution in [2.45, 2.75) is 46.1 Å². The molecule has 0 spiro atoms. The monoisotopic (exact) mass is 376 g/mol. The van der Waals surface area contributed by atoms with E-state index in [0.717, 1.165) is 42.0 Å². The summed E-state index contributed by atoms with van der Waals surface area (Å²) in [4.78, 5) is 14.9. The minimum Gasteiger partial charge on any atom is -0.338 e. The van der Waals surface area contributed by atoms with E-state index < -0.39 is 0 Å². The van der Waals surface area contributed by atoms with Gasteiger partial charge in [-0.15, -0.1) is 12.4 Å². The maximum absolute atomic E-state index is 12.9. The van der Waals surface area contributed by atoms with Crippen molar-refractivity contribution in [3.63, 3.8) is 0 Å². The van der Waals surface area contributed by atoms with Gasteiger partial charge in [-0.25, -0.2) is 4.68 Å². The van der Waals surface area contributed by atoms with Crippen LogP contribution < -0.4 is 5.73 Å². The van der Waals surface area contributed by atoms with Gasteiger partial charge in [0.1, 0.15) is 0 Å². The summed E-state index contributed by atoms with van der Waals surface area (Å²) >= 11 is 0. The van der Waals surface area contributed by atoms with Crippen LogP contribution in [0.2, 0.25) is 0 Å². The van der Waals surface area contributed by atoms with Crippen molar-refractivity contribution in [3.05, 3.63) is 47.3 Å². The first kappa shape index (κ1) is 20.5. The zero-order valence-electron chi connectivity index (χ0n) is 15.8. The van der Waals surface area contributed by atoms with Crippen LogP contribution in [0.15, 0.2) is 30.3 Å². The zero-order chi connectivity index (χ0) is 18.0. The molecule has 2 unspecified atom stereocenters. The minimum absolute atomic E-state index is 0. The molecule has 1 aliphatic heterocycles. The summed E-state index contributed by atoms with van der Waals surface area (Å²) in [7, 11) is 0. The smallest absolute Gasteiger partial charge is 0.227 e. The molecule has 1 aliphatic rings.